The lowest BCUT2D eigenvalue weighted by atomic mass is 10.2. The number of benzene rings is 1. The number of hydrogen-bond acceptors (Lipinski definition) is 2. The van der Waals surface area contributed by atoms with E-state index in [4.69, 9.17) is 4.74 Å². The molecule has 0 saturated heterocycles. The number of ether oxygens (including phenoxy) is 1. The van der Waals surface area contributed by atoms with Crippen LogP contribution < -0.4 is 0 Å². The van der Waals surface area contributed by atoms with Crippen LogP contribution in [-0.2, 0) is 9.53 Å². The number of esters is 1. The van der Waals surface area contributed by atoms with E-state index in [0.717, 1.165) is 5.56 Å². The smallest absolute Gasteiger partial charge is 0.330 e. The van der Waals surface area contributed by atoms with Gasteiger partial charge in [0.2, 0.25) is 0 Å². The second-order valence-corrected chi connectivity index (χ2v) is 2.50. The van der Waals surface area contributed by atoms with Gasteiger partial charge in [0.25, 0.3) is 0 Å². The molecule has 0 aliphatic carbocycles. The van der Waals surface area contributed by atoms with Gasteiger partial charge in [0.15, 0.2) is 0 Å². The standard InChI is InChI=1S/C11H12O2.ClH/c1-2-13-11(12)9-8-10-6-4-3-5-7-10;/h3-9H,2H2,1H3;1H. The van der Waals surface area contributed by atoms with Crippen molar-refractivity contribution in [2.75, 3.05) is 6.61 Å². The van der Waals surface area contributed by atoms with Gasteiger partial charge in [-0.1, -0.05) is 30.3 Å². The molecule has 1 rings (SSSR count). The molecular formula is C11H13ClO2. The molecule has 14 heavy (non-hydrogen) atoms. The third-order valence-electron chi connectivity index (χ3n) is 1.50. The van der Waals surface area contributed by atoms with Gasteiger partial charge in [-0.2, -0.15) is 0 Å². The number of carbonyl (C=O) groups is 1. The molecule has 0 spiro atoms. The Hall–Kier alpha value is -1.28. The Morgan fingerprint density at radius 1 is 1.36 bits per heavy atom. The molecule has 1 aromatic rings. The van der Waals surface area contributed by atoms with Gasteiger partial charge in [0, 0.05) is 6.08 Å². The van der Waals surface area contributed by atoms with Crippen molar-refractivity contribution in [3.05, 3.63) is 42.0 Å². The van der Waals surface area contributed by atoms with Crippen LogP contribution in [0.4, 0.5) is 0 Å². The molecule has 1 aromatic carbocycles. The fourth-order valence-corrected chi connectivity index (χ4v) is 0.919. The summed E-state index contributed by atoms with van der Waals surface area (Å²) in [6, 6.07) is 9.63. The summed E-state index contributed by atoms with van der Waals surface area (Å²) in [5.74, 6) is -0.300. The summed E-state index contributed by atoms with van der Waals surface area (Å²) >= 11 is 0. The van der Waals surface area contributed by atoms with Crippen LogP contribution in [0.3, 0.4) is 0 Å². The van der Waals surface area contributed by atoms with E-state index in [9.17, 15) is 4.79 Å². The highest BCUT2D eigenvalue weighted by Gasteiger charge is 1.92. The number of halogens is 1. The first-order chi connectivity index (χ1) is 6.33. The van der Waals surface area contributed by atoms with Crippen molar-refractivity contribution < 1.29 is 9.53 Å². The lowest BCUT2D eigenvalue weighted by molar-refractivity contribution is -0.137. The van der Waals surface area contributed by atoms with Crippen molar-refractivity contribution in [2.45, 2.75) is 6.92 Å². The minimum Gasteiger partial charge on any atom is -0.463 e. The molecule has 3 heteroatoms. The average Bonchev–Trinajstić information content (AvgIpc) is 2.17. The van der Waals surface area contributed by atoms with Crippen LogP contribution in [0.2, 0.25) is 0 Å². The molecule has 0 aromatic heterocycles. The molecule has 2 nitrogen and oxygen atoms in total. The van der Waals surface area contributed by atoms with Crippen LogP contribution in [0, 0.1) is 0 Å². The Kier molecular flexibility index (Phi) is 6.50. The zero-order valence-electron chi connectivity index (χ0n) is 7.97. The molecule has 0 fully saturated rings. The predicted octanol–water partition coefficient (Wildman–Crippen LogP) is 2.68. The summed E-state index contributed by atoms with van der Waals surface area (Å²) in [6.07, 6.45) is 3.16. The monoisotopic (exact) mass is 212 g/mol. The number of hydrogen-bond donors (Lipinski definition) is 0. The first kappa shape index (κ1) is 12.7. The highest BCUT2D eigenvalue weighted by molar-refractivity contribution is 5.87. The van der Waals surface area contributed by atoms with Gasteiger partial charge < -0.3 is 4.74 Å². The second kappa shape index (κ2) is 7.15. The number of carbonyl (C=O) groups excluding carboxylic acids is 1. The minimum atomic E-state index is -0.300. The third kappa shape index (κ3) is 4.67. The van der Waals surface area contributed by atoms with E-state index in [2.05, 4.69) is 0 Å². The maximum absolute atomic E-state index is 10.9. The van der Waals surface area contributed by atoms with Gasteiger partial charge in [-0.15, -0.1) is 12.4 Å². The van der Waals surface area contributed by atoms with E-state index in [1.807, 2.05) is 30.3 Å². The van der Waals surface area contributed by atoms with E-state index >= 15 is 0 Å². The van der Waals surface area contributed by atoms with Gasteiger partial charge >= 0.3 is 5.97 Å². The van der Waals surface area contributed by atoms with Crippen molar-refractivity contribution in [3.8, 4) is 0 Å². The molecule has 0 bridgehead atoms. The first-order valence-electron chi connectivity index (χ1n) is 4.23. The Labute approximate surface area is 90.0 Å². The van der Waals surface area contributed by atoms with E-state index in [1.165, 1.54) is 6.08 Å². The highest BCUT2D eigenvalue weighted by atomic mass is 35.5. The Morgan fingerprint density at radius 3 is 2.57 bits per heavy atom. The van der Waals surface area contributed by atoms with Gasteiger partial charge in [0.05, 0.1) is 6.61 Å². The van der Waals surface area contributed by atoms with Crippen LogP contribution in [0.15, 0.2) is 36.4 Å². The van der Waals surface area contributed by atoms with Crippen LogP contribution in [0.5, 0.6) is 0 Å². The average molecular weight is 213 g/mol. The van der Waals surface area contributed by atoms with E-state index in [1.54, 1.807) is 13.0 Å². The molecule has 76 valence electrons. The summed E-state index contributed by atoms with van der Waals surface area (Å²) < 4.78 is 4.74. The van der Waals surface area contributed by atoms with Crippen LogP contribution in [0.1, 0.15) is 12.5 Å². The minimum absolute atomic E-state index is 0. The van der Waals surface area contributed by atoms with Crippen molar-refractivity contribution in [3.63, 3.8) is 0 Å². The van der Waals surface area contributed by atoms with Gasteiger partial charge in [0.1, 0.15) is 0 Å². The second-order valence-electron chi connectivity index (χ2n) is 2.50. The SMILES string of the molecule is CCOC(=O)C=Cc1ccccc1.Cl. The van der Waals surface area contributed by atoms with Crippen LogP contribution in [-0.4, -0.2) is 12.6 Å². The van der Waals surface area contributed by atoms with Gasteiger partial charge in [-0.3, -0.25) is 0 Å². The van der Waals surface area contributed by atoms with E-state index in [-0.39, 0.29) is 18.4 Å². The Bertz CT molecular complexity index is 293. The molecular weight excluding hydrogens is 200 g/mol. The van der Waals surface area contributed by atoms with E-state index < -0.39 is 0 Å². The molecule has 0 atom stereocenters. The molecule has 0 heterocycles. The molecule has 0 aliphatic rings. The topological polar surface area (TPSA) is 26.3 Å². The predicted molar refractivity (Wildman–Crippen MR) is 59.4 cm³/mol. The van der Waals surface area contributed by atoms with Crippen molar-refractivity contribution >= 4 is 24.5 Å². The fourth-order valence-electron chi connectivity index (χ4n) is 0.919. The quantitative estimate of drug-likeness (QED) is 0.569. The maximum Gasteiger partial charge on any atom is 0.330 e. The molecule has 0 saturated carbocycles. The van der Waals surface area contributed by atoms with E-state index in [0.29, 0.717) is 6.61 Å². The van der Waals surface area contributed by atoms with Crippen molar-refractivity contribution in [2.24, 2.45) is 0 Å². The molecule has 0 unspecified atom stereocenters. The molecule has 0 amide bonds. The molecule has 0 radical (unpaired) electrons. The van der Waals surface area contributed by atoms with Crippen LogP contribution in [0.25, 0.3) is 6.08 Å². The lowest BCUT2D eigenvalue weighted by Crippen LogP contribution is -1.98. The zero-order valence-corrected chi connectivity index (χ0v) is 8.79. The maximum atomic E-state index is 10.9. The van der Waals surface area contributed by atoms with Crippen molar-refractivity contribution in [1.29, 1.82) is 0 Å². The van der Waals surface area contributed by atoms with Crippen molar-refractivity contribution in [1.82, 2.24) is 0 Å². The number of rotatable bonds is 3. The molecule has 0 aliphatic heterocycles. The zero-order chi connectivity index (χ0) is 9.52. The van der Waals surface area contributed by atoms with Crippen LogP contribution >= 0.6 is 12.4 Å². The highest BCUT2D eigenvalue weighted by Crippen LogP contribution is 2.00. The third-order valence-corrected chi connectivity index (χ3v) is 1.50. The summed E-state index contributed by atoms with van der Waals surface area (Å²) in [6.45, 7) is 2.20. The summed E-state index contributed by atoms with van der Waals surface area (Å²) in [7, 11) is 0. The molecule has 0 N–H and O–H groups in total. The van der Waals surface area contributed by atoms with Gasteiger partial charge in [-0.05, 0) is 18.6 Å². The summed E-state index contributed by atoms with van der Waals surface area (Å²) in [5, 5.41) is 0. The fraction of sp³-hybridized carbons (Fsp3) is 0.182. The Morgan fingerprint density at radius 2 is 2.00 bits per heavy atom. The largest absolute Gasteiger partial charge is 0.463 e. The lowest BCUT2D eigenvalue weighted by Gasteiger charge is -1.94. The normalized spacial score (nSPS) is 9.50. The summed E-state index contributed by atoms with van der Waals surface area (Å²) in [5.41, 5.74) is 0.996. The first-order valence-corrected chi connectivity index (χ1v) is 4.23. The summed E-state index contributed by atoms with van der Waals surface area (Å²) in [4.78, 5) is 10.9. The van der Waals surface area contributed by atoms with Gasteiger partial charge in [-0.25, -0.2) is 4.79 Å². The Balaban J connectivity index is 0.00000169.